The molecule has 1 atom stereocenters. The predicted octanol–water partition coefficient (Wildman–Crippen LogP) is 6.20. The molecule has 2 aromatic heterocycles. The monoisotopic (exact) mass is 575 g/mol. The zero-order valence-electron chi connectivity index (χ0n) is 21.6. The van der Waals surface area contributed by atoms with Gasteiger partial charge in [0, 0.05) is 17.8 Å². The van der Waals surface area contributed by atoms with Crippen LogP contribution in [0.3, 0.4) is 0 Å². The number of esters is 1. The Bertz CT molecular complexity index is 1610. The van der Waals surface area contributed by atoms with Gasteiger partial charge in [-0.15, -0.1) is 0 Å². The third kappa shape index (κ3) is 5.32. The lowest BCUT2D eigenvalue weighted by atomic mass is 10.0. The van der Waals surface area contributed by atoms with Gasteiger partial charge in [-0.25, -0.2) is 18.6 Å². The zero-order valence-corrected chi connectivity index (χ0v) is 21.6. The summed E-state index contributed by atoms with van der Waals surface area (Å²) >= 11 is 0. The van der Waals surface area contributed by atoms with E-state index in [9.17, 15) is 26.7 Å². The number of hydrogen-bond donors (Lipinski definition) is 1. The van der Waals surface area contributed by atoms with Gasteiger partial charge in [0.15, 0.2) is 29.3 Å². The third-order valence-corrected chi connectivity index (χ3v) is 6.18. The van der Waals surface area contributed by atoms with Crippen molar-refractivity contribution in [1.29, 1.82) is 0 Å². The molecule has 0 amide bonds. The molecule has 0 aliphatic carbocycles. The minimum Gasteiger partial charge on any atom is -0.494 e. The minimum atomic E-state index is -4.73. The number of nitrogens with zero attached hydrogens (tertiary/aromatic N) is 4. The van der Waals surface area contributed by atoms with Crippen LogP contribution in [-0.2, 0) is 15.7 Å². The van der Waals surface area contributed by atoms with Crippen molar-refractivity contribution >= 4 is 23.6 Å². The van der Waals surface area contributed by atoms with E-state index in [1.807, 2.05) is 6.92 Å². The molecular weight excluding hydrogens is 553 g/mol. The topological polar surface area (TPSA) is 94.7 Å². The first-order chi connectivity index (χ1) is 19.6. The Morgan fingerprint density at radius 2 is 1.98 bits per heavy atom. The van der Waals surface area contributed by atoms with Gasteiger partial charge in [-0.3, -0.25) is 10.4 Å². The van der Waals surface area contributed by atoms with E-state index in [1.54, 1.807) is 0 Å². The standard InChI is InChI=1S/C27H22F5N5O4/c1-3-11-40-15-7-8-16(17(12-15)27(30,31)32)19-13-22(41-35-19)24(26(38)39-2)36-14-33-25-21(36)9-10-37(34-25)20-6-4-5-18(28)23(20)29/h4-10,12-14,24,34H,3,11H2,1-2H3. The van der Waals surface area contributed by atoms with Crippen LogP contribution in [0.4, 0.5) is 33.5 Å². The number of carbonyl (C=O) groups excluding carboxylic acids is 1. The molecule has 0 fully saturated rings. The van der Waals surface area contributed by atoms with Crippen molar-refractivity contribution < 1.29 is 40.7 Å². The lowest BCUT2D eigenvalue weighted by molar-refractivity contribution is -0.143. The van der Waals surface area contributed by atoms with Gasteiger partial charge < -0.3 is 18.6 Å². The number of anilines is 2. The molecule has 9 nitrogen and oxygen atoms in total. The van der Waals surface area contributed by atoms with E-state index in [1.165, 1.54) is 58.5 Å². The summed E-state index contributed by atoms with van der Waals surface area (Å²) in [6.07, 6.45) is 0.0173. The molecule has 2 aromatic carbocycles. The molecule has 3 heterocycles. The number of benzene rings is 2. The zero-order chi connectivity index (χ0) is 29.3. The Morgan fingerprint density at radius 1 is 1.17 bits per heavy atom. The van der Waals surface area contributed by atoms with Crippen molar-refractivity contribution in [1.82, 2.24) is 14.7 Å². The predicted molar refractivity (Wildman–Crippen MR) is 137 cm³/mol. The number of aromatic nitrogens is 3. The van der Waals surface area contributed by atoms with E-state index in [4.69, 9.17) is 14.0 Å². The second-order valence-electron chi connectivity index (χ2n) is 8.85. The van der Waals surface area contributed by atoms with Gasteiger partial charge in [-0.2, -0.15) is 13.2 Å². The van der Waals surface area contributed by atoms with Crippen molar-refractivity contribution in [3.05, 3.63) is 83.6 Å². The van der Waals surface area contributed by atoms with Crippen LogP contribution >= 0.6 is 0 Å². The largest absolute Gasteiger partial charge is 0.494 e. The van der Waals surface area contributed by atoms with Gasteiger partial charge in [0.1, 0.15) is 17.1 Å². The number of fused-ring (bicyclic) bond motifs is 1. The number of hydrogen-bond acceptors (Lipinski definition) is 8. The maximum atomic E-state index is 14.3. The summed E-state index contributed by atoms with van der Waals surface area (Å²) in [5.41, 5.74) is 1.59. The molecule has 14 heteroatoms. The van der Waals surface area contributed by atoms with Crippen LogP contribution in [0.2, 0.25) is 0 Å². The smallest absolute Gasteiger partial charge is 0.417 e. The molecule has 0 spiro atoms. The maximum Gasteiger partial charge on any atom is 0.417 e. The highest BCUT2D eigenvalue weighted by Gasteiger charge is 2.37. The summed E-state index contributed by atoms with van der Waals surface area (Å²) in [5, 5.41) is 5.00. The summed E-state index contributed by atoms with van der Waals surface area (Å²) in [5.74, 6) is -2.85. The number of halogens is 5. The van der Waals surface area contributed by atoms with E-state index < -0.39 is 35.4 Å². The van der Waals surface area contributed by atoms with Gasteiger partial charge in [0.25, 0.3) is 0 Å². The average Bonchev–Trinajstić information content (AvgIpc) is 3.60. The molecule has 0 radical (unpaired) electrons. The van der Waals surface area contributed by atoms with Crippen LogP contribution in [0, 0.1) is 11.6 Å². The highest BCUT2D eigenvalue weighted by molar-refractivity contribution is 5.80. The van der Waals surface area contributed by atoms with Crippen LogP contribution in [0.25, 0.3) is 17.3 Å². The van der Waals surface area contributed by atoms with Crippen molar-refractivity contribution in [3.63, 3.8) is 0 Å². The van der Waals surface area contributed by atoms with Gasteiger partial charge in [0.2, 0.25) is 0 Å². The van der Waals surface area contributed by atoms with E-state index in [2.05, 4.69) is 15.6 Å². The molecule has 0 saturated heterocycles. The Kier molecular flexibility index (Phi) is 7.39. The fourth-order valence-electron chi connectivity index (χ4n) is 4.26. The Balaban J connectivity index is 1.50. The molecule has 4 aromatic rings. The van der Waals surface area contributed by atoms with Gasteiger partial charge >= 0.3 is 12.1 Å². The molecular formula is C27H22F5N5O4. The van der Waals surface area contributed by atoms with E-state index >= 15 is 0 Å². The van der Waals surface area contributed by atoms with Gasteiger partial charge in [-0.05, 0) is 42.8 Å². The Morgan fingerprint density at radius 3 is 2.71 bits per heavy atom. The number of methoxy groups -OCH3 is 1. The highest BCUT2D eigenvalue weighted by atomic mass is 19.4. The third-order valence-electron chi connectivity index (χ3n) is 6.18. The SMILES string of the molecule is CCCOc1ccc(-c2cc(C(C(=O)OC)n3cnc4c3C=CN(c3cccc(F)c3F)N4)on2)c(C(F)(F)F)c1. The molecule has 214 valence electrons. The number of imidazole rings is 1. The minimum absolute atomic E-state index is 0.0515. The van der Waals surface area contributed by atoms with Crippen molar-refractivity contribution in [2.24, 2.45) is 0 Å². The second-order valence-corrected chi connectivity index (χ2v) is 8.85. The van der Waals surface area contributed by atoms with Crippen LogP contribution in [0.5, 0.6) is 5.75 Å². The number of carbonyl (C=O) groups is 1. The van der Waals surface area contributed by atoms with Crippen molar-refractivity contribution in [2.45, 2.75) is 25.6 Å². The first-order valence-corrected chi connectivity index (χ1v) is 12.3. The summed E-state index contributed by atoms with van der Waals surface area (Å²) < 4.78 is 86.8. The van der Waals surface area contributed by atoms with Crippen LogP contribution in [0.1, 0.15) is 36.4 Å². The van der Waals surface area contributed by atoms with Crippen LogP contribution in [0.15, 0.2) is 59.5 Å². The van der Waals surface area contributed by atoms with Crippen LogP contribution < -0.4 is 15.2 Å². The average molecular weight is 575 g/mol. The maximum absolute atomic E-state index is 14.3. The van der Waals surface area contributed by atoms with E-state index in [0.717, 1.165) is 19.2 Å². The number of ether oxygens (including phenoxy) is 2. The molecule has 1 aliphatic heterocycles. The van der Waals surface area contributed by atoms with Gasteiger partial charge in [-0.1, -0.05) is 18.1 Å². The molecule has 0 bridgehead atoms. The van der Waals surface area contributed by atoms with Crippen molar-refractivity contribution in [2.75, 3.05) is 24.2 Å². The number of alkyl halides is 3. The first kappa shape index (κ1) is 27.7. The summed E-state index contributed by atoms with van der Waals surface area (Å²) in [6, 6.07) is 7.03. The lowest BCUT2D eigenvalue weighted by Gasteiger charge is -2.26. The number of hydrazine groups is 1. The molecule has 0 saturated carbocycles. The lowest BCUT2D eigenvalue weighted by Crippen LogP contribution is -2.29. The fourth-order valence-corrected chi connectivity index (χ4v) is 4.26. The number of rotatable bonds is 8. The van der Waals surface area contributed by atoms with Crippen LogP contribution in [-0.4, -0.2) is 34.4 Å². The Hall–Kier alpha value is -4.88. The molecule has 1 aliphatic rings. The normalized spacial score (nSPS) is 13.5. The Labute approximate surface area is 229 Å². The fraction of sp³-hybridized carbons (Fsp3) is 0.222. The second kappa shape index (κ2) is 10.9. The summed E-state index contributed by atoms with van der Waals surface area (Å²) in [7, 11) is 1.13. The highest BCUT2D eigenvalue weighted by Crippen LogP contribution is 2.40. The molecule has 1 unspecified atom stereocenters. The first-order valence-electron chi connectivity index (χ1n) is 12.3. The number of nitrogens with one attached hydrogen (secondary N) is 1. The molecule has 5 rings (SSSR count). The molecule has 1 N–H and O–H groups in total. The van der Waals surface area contributed by atoms with E-state index in [-0.39, 0.29) is 40.9 Å². The molecule has 41 heavy (non-hydrogen) atoms. The van der Waals surface area contributed by atoms with Gasteiger partial charge in [0.05, 0.1) is 31.3 Å². The van der Waals surface area contributed by atoms with Crippen molar-refractivity contribution in [3.8, 4) is 17.0 Å². The summed E-state index contributed by atoms with van der Waals surface area (Å²) in [4.78, 5) is 17.1. The van der Waals surface area contributed by atoms with E-state index in [0.29, 0.717) is 12.1 Å². The quantitative estimate of drug-likeness (QED) is 0.196. The summed E-state index contributed by atoms with van der Waals surface area (Å²) in [6.45, 7) is 2.08.